The zero-order valence-corrected chi connectivity index (χ0v) is 17.3. The monoisotopic (exact) mass is 417 g/mol. The number of esters is 2. The molecular weight excluding hydrogens is 394 g/mol. The third-order valence-electron chi connectivity index (χ3n) is 4.78. The average Bonchev–Trinajstić information content (AvgIpc) is 3.42. The molecule has 2 atom stereocenters. The van der Waals surface area contributed by atoms with Gasteiger partial charge in [-0.2, -0.15) is 4.31 Å². The van der Waals surface area contributed by atoms with Gasteiger partial charge in [-0.15, -0.1) is 0 Å². The van der Waals surface area contributed by atoms with Gasteiger partial charge < -0.3 is 9.47 Å². The van der Waals surface area contributed by atoms with Gasteiger partial charge in [-0.25, -0.2) is 18.0 Å². The van der Waals surface area contributed by atoms with Gasteiger partial charge in [0.2, 0.25) is 10.0 Å². The van der Waals surface area contributed by atoms with E-state index in [9.17, 15) is 18.0 Å². The molecule has 154 valence electrons. The van der Waals surface area contributed by atoms with Crippen LogP contribution in [0.15, 0.2) is 59.5 Å². The summed E-state index contributed by atoms with van der Waals surface area (Å²) in [6.07, 6.45) is 0. The van der Waals surface area contributed by atoms with Crippen LogP contribution < -0.4 is 0 Å². The molecule has 1 aliphatic heterocycles. The Labute approximate surface area is 170 Å². The Hall–Kier alpha value is -2.71. The average molecular weight is 417 g/mol. The first-order valence-electron chi connectivity index (χ1n) is 9.32. The summed E-state index contributed by atoms with van der Waals surface area (Å²) in [6, 6.07) is 13.7. The van der Waals surface area contributed by atoms with E-state index in [-0.39, 0.29) is 18.1 Å². The van der Waals surface area contributed by atoms with E-state index in [4.69, 9.17) is 9.47 Å². The minimum atomic E-state index is -4.18. The summed E-state index contributed by atoms with van der Waals surface area (Å²) in [5.41, 5.74) is -0.697. The molecule has 0 aromatic heterocycles. The Bertz CT molecular complexity index is 983. The van der Waals surface area contributed by atoms with Crippen molar-refractivity contribution >= 4 is 22.0 Å². The summed E-state index contributed by atoms with van der Waals surface area (Å²) in [6.45, 7) is 5.02. The van der Waals surface area contributed by atoms with Crippen LogP contribution in [-0.4, -0.2) is 43.4 Å². The minimum absolute atomic E-state index is 0.0000820. The second kappa shape index (κ2) is 7.96. The number of hydrogen-bond acceptors (Lipinski definition) is 6. The van der Waals surface area contributed by atoms with Crippen molar-refractivity contribution in [3.8, 4) is 0 Å². The molecule has 2 aromatic carbocycles. The number of benzene rings is 2. The largest absolute Gasteiger partial charge is 0.464 e. The minimum Gasteiger partial charge on any atom is -0.464 e. The Kier molecular flexibility index (Phi) is 5.77. The van der Waals surface area contributed by atoms with Crippen LogP contribution in [0.2, 0.25) is 0 Å². The van der Waals surface area contributed by atoms with E-state index in [1.165, 1.54) is 12.1 Å². The molecule has 0 aliphatic carbocycles. The van der Waals surface area contributed by atoms with Crippen molar-refractivity contribution in [3.05, 3.63) is 65.7 Å². The highest BCUT2D eigenvalue weighted by atomic mass is 32.2. The number of nitrogens with zero attached hydrogens (tertiary/aromatic N) is 1. The molecule has 2 aromatic rings. The van der Waals surface area contributed by atoms with Gasteiger partial charge >= 0.3 is 11.9 Å². The number of rotatable bonds is 7. The molecule has 29 heavy (non-hydrogen) atoms. The summed E-state index contributed by atoms with van der Waals surface area (Å²) in [5, 5.41) is 0. The number of hydrogen-bond donors (Lipinski definition) is 0. The fourth-order valence-electron chi connectivity index (χ4n) is 3.40. The molecule has 1 aliphatic rings. The molecule has 0 amide bonds. The predicted molar refractivity (Wildman–Crippen MR) is 105 cm³/mol. The summed E-state index contributed by atoms with van der Waals surface area (Å²) < 4.78 is 38.0. The molecule has 7 nitrogen and oxygen atoms in total. The van der Waals surface area contributed by atoms with Gasteiger partial charge in [-0.1, -0.05) is 48.0 Å². The molecule has 0 N–H and O–H groups in total. The summed E-state index contributed by atoms with van der Waals surface area (Å²) in [7, 11) is -4.18. The van der Waals surface area contributed by atoms with E-state index in [0.717, 1.165) is 9.87 Å². The number of sulfonamides is 1. The zero-order chi connectivity index (χ0) is 21.2. The van der Waals surface area contributed by atoms with Crippen LogP contribution in [-0.2, 0) is 29.1 Å². The third kappa shape index (κ3) is 3.42. The quantitative estimate of drug-likeness (QED) is 0.391. The highest BCUT2D eigenvalue weighted by Gasteiger charge is 2.80. The van der Waals surface area contributed by atoms with Gasteiger partial charge in [-0.05, 0) is 38.5 Å². The van der Waals surface area contributed by atoms with Gasteiger partial charge in [0, 0.05) is 0 Å². The van der Waals surface area contributed by atoms with E-state index < -0.39 is 33.5 Å². The molecule has 8 heteroatoms. The lowest BCUT2D eigenvalue weighted by Crippen LogP contribution is -2.43. The summed E-state index contributed by atoms with van der Waals surface area (Å²) >= 11 is 0. The molecule has 1 fully saturated rings. The van der Waals surface area contributed by atoms with E-state index >= 15 is 0 Å². The second-order valence-electron chi connectivity index (χ2n) is 6.63. The van der Waals surface area contributed by atoms with E-state index in [0.29, 0.717) is 5.56 Å². The third-order valence-corrected chi connectivity index (χ3v) is 6.66. The van der Waals surface area contributed by atoms with Crippen LogP contribution in [0.3, 0.4) is 0 Å². The fraction of sp³-hybridized carbons (Fsp3) is 0.333. The van der Waals surface area contributed by atoms with Crippen molar-refractivity contribution in [3.63, 3.8) is 0 Å². The number of carbonyl (C=O) groups excluding carboxylic acids is 2. The molecule has 1 saturated heterocycles. The molecule has 0 radical (unpaired) electrons. The summed E-state index contributed by atoms with van der Waals surface area (Å²) in [5.74, 6) is -1.88. The van der Waals surface area contributed by atoms with Crippen LogP contribution in [0, 0.1) is 6.92 Å². The lowest BCUT2D eigenvalue weighted by Gasteiger charge is -2.15. The number of aryl methyl sites for hydroxylation is 1. The van der Waals surface area contributed by atoms with Crippen LogP contribution >= 0.6 is 0 Å². The SMILES string of the molecule is CCOC(=O)C1(C(=O)OCC)[C@H](c2ccccc2)N1S(=O)(=O)c1ccc(C)cc1. The van der Waals surface area contributed by atoms with Crippen molar-refractivity contribution in [1.29, 1.82) is 0 Å². The molecule has 1 heterocycles. The molecule has 1 unspecified atom stereocenters. The first-order valence-corrected chi connectivity index (χ1v) is 10.8. The number of ether oxygens (including phenoxy) is 2. The van der Waals surface area contributed by atoms with E-state index in [1.807, 2.05) is 6.92 Å². The Morgan fingerprint density at radius 3 is 1.93 bits per heavy atom. The van der Waals surface area contributed by atoms with Crippen molar-refractivity contribution in [1.82, 2.24) is 4.31 Å². The highest BCUT2D eigenvalue weighted by Crippen LogP contribution is 2.58. The normalized spacial score (nSPS) is 20.0. The molecule has 0 spiro atoms. The zero-order valence-electron chi connectivity index (χ0n) is 16.5. The lowest BCUT2D eigenvalue weighted by molar-refractivity contribution is -0.160. The highest BCUT2D eigenvalue weighted by molar-refractivity contribution is 7.89. The summed E-state index contributed by atoms with van der Waals surface area (Å²) in [4.78, 5) is 25.9. The maximum atomic E-state index is 13.4. The molecule has 0 bridgehead atoms. The lowest BCUT2D eigenvalue weighted by atomic mass is 9.99. The van der Waals surface area contributed by atoms with Crippen LogP contribution in [0.1, 0.15) is 31.0 Å². The standard InChI is InChI=1S/C21H23NO6S/c1-4-27-19(23)21(20(24)28-5-2)18(16-9-7-6-8-10-16)22(21)29(25,26)17-13-11-15(3)12-14-17/h6-14,18H,4-5H2,1-3H3/t18-,22?/m0/s1. The first-order chi connectivity index (χ1) is 13.8. The second-order valence-corrected chi connectivity index (χ2v) is 8.45. The van der Waals surface area contributed by atoms with Crippen molar-refractivity contribution in [2.75, 3.05) is 13.2 Å². The van der Waals surface area contributed by atoms with Gasteiger partial charge in [0.05, 0.1) is 24.2 Å². The maximum absolute atomic E-state index is 13.4. The Balaban J connectivity index is 2.18. The van der Waals surface area contributed by atoms with Gasteiger partial charge in [0.1, 0.15) is 0 Å². The van der Waals surface area contributed by atoms with Crippen molar-refractivity contribution in [2.24, 2.45) is 0 Å². The van der Waals surface area contributed by atoms with E-state index in [2.05, 4.69) is 0 Å². The molecule has 3 rings (SSSR count). The van der Waals surface area contributed by atoms with Gasteiger partial charge in [0.25, 0.3) is 5.54 Å². The predicted octanol–water partition coefficient (Wildman–Crippen LogP) is 2.61. The maximum Gasteiger partial charge on any atom is 0.341 e. The Morgan fingerprint density at radius 1 is 0.931 bits per heavy atom. The first kappa shape index (κ1) is 21.0. The van der Waals surface area contributed by atoms with Crippen molar-refractivity contribution in [2.45, 2.75) is 37.2 Å². The fourth-order valence-corrected chi connectivity index (χ4v) is 5.24. The van der Waals surface area contributed by atoms with Crippen LogP contribution in [0.5, 0.6) is 0 Å². The number of carbonyl (C=O) groups is 2. The van der Waals surface area contributed by atoms with Gasteiger partial charge in [0.15, 0.2) is 0 Å². The van der Waals surface area contributed by atoms with E-state index in [1.54, 1.807) is 56.3 Å². The molecular formula is C21H23NO6S. The van der Waals surface area contributed by atoms with Crippen molar-refractivity contribution < 1.29 is 27.5 Å². The molecule has 0 saturated carbocycles. The van der Waals surface area contributed by atoms with Gasteiger partial charge in [-0.3, -0.25) is 0 Å². The smallest absolute Gasteiger partial charge is 0.341 e. The van der Waals surface area contributed by atoms with Crippen LogP contribution in [0.25, 0.3) is 0 Å². The topological polar surface area (TPSA) is 89.8 Å². The Morgan fingerprint density at radius 2 is 1.45 bits per heavy atom. The van der Waals surface area contributed by atoms with Crippen LogP contribution in [0.4, 0.5) is 0 Å².